The van der Waals surface area contributed by atoms with Gasteiger partial charge in [-0.05, 0) is 23.8 Å². The molecule has 0 atom stereocenters. The van der Waals surface area contributed by atoms with Gasteiger partial charge in [-0.3, -0.25) is 0 Å². The zero-order chi connectivity index (χ0) is 12.0. The maximum Gasteiger partial charge on any atom is 0.404 e. The summed E-state index contributed by atoms with van der Waals surface area (Å²) in [5.74, 6) is -0.284. The summed E-state index contributed by atoms with van der Waals surface area (Å²) in [6, 6.07) is 4.46. The first kappa shape index (κ1) is 12.9. The average Bonchev–Trinajstić information content (AvgIpc) is 2.22. The Balaban J connectivity index is 2.31. The van der Waals surface area contributed by atoms with E-state index in [4.69, 9.17) is 5.73 Å². The molecule has 1 rings (SSSR count). The summed E-state index contributed by atoms with van der Waals surface area (Å²) >= 11 is 3.31. The molecule has 0 aromatic heterocycles. The predicted molar refractivity (Wildman–Crippen MR) is 61.3 cm³/mol. The lowest BCUT2D eigenvalue weighted by Gasteiger charge is -2.07. The molecule has 0 aliphatic carbocycles. The summed E-state index contributed by atoms with van der Waals surface area (Å²) in [5.41, 5.74) is 5.59. The predicted octanol–water partition coefficient (Wildman–Crippen LogP) is 1.77. The third-order valence-corrected chi connectivity index (χ3v) is 2.62. The van der Waals surface area contributed by atoms with Gasteiger partial charge in [0.1, 0.15) is 12.4 Å². The molecule has 1 amide bonds. The highest BCUT2D eigenvalue weighted by Crippen LogP contribution is 2.17. The van der Waals surface area contributed by atoms with Crippen LogP contribution in [0, 0.1) is 5.82 Å². The fourth-order valence-electron chi connectivity index (χ4n) is 1.13. The lowest BCUT2D eigenvalue weighted by atomic mass is 10.2. The number of hydrogen-bond donors (Lipinski definition) is 2. The van der Waals surface area contributed by atoms with Crippen LogP contribution in [0.1, 0.15) is 5.56 Å². The van der Waals surface area contributed by atoms with E-state index >= 15 is 0 Å². The monoisotopic (exact) mass is 290 g/mol. The summed E-state index contributed by atoms with van der Waals surface area (Å²) in [7, 11) is 0. The van der Waals surface area contributed by atoms with Crippen molar-refractivity contribution in [3.63, 3.8) is 0 Å². The van der Waals surface area contributed by atoms with E-state index < -0.39 is 6.09 Å². The van der Waals surface area contributed by atoms with Crippen LogP contribution in [0.25, 0.3) is 0 Å². The van der Waals surface area contributed by atoms with Crippen LogP contribution in [0.3, 0.4) is 0 Å². The van der Waals surface area contributed by atoms with Crippen molar-refractivity contribution in [3.05, 3.63) is 34.1 Å². The van der Waals surface area contributed by atoms with Gasteiger partial charge < -0.3 is 15.8 Å². The molecule has 6 heteroatoms. The fraction of sp³-hybridized carbons (Fsp3) is 0.300. The van der Waals surface area contributed by atoms with E-state index in [0.29, 0.717) is 13.1 Å². The summed E-state index contributed by atoms with van der Waals surface area (Å²) in [6.07, 6.45) is -0.797. The van der Waals surface area contributed by atoms with Crippen LogP contribution in [-0.2, 0) is 11.3 Å². The Hall–Kier alpha value is -1.14. The highest BCUT2D eigenvalue weighted by Gasteiger charge is 2.01. The number of amides is 1. The fourth-order valence-corrected chi connectivity index (χ4v) is 1.51. The molecule has 0 saturated heterocycles. The van der Waals surface area contributed by atoms with Crippen molar-refractivity contribution >= 4 is 22.0 Å². The Morgan fingerprint density at radius 3 is 3.00 bits per heavy atom. The highest BCUT2D eigenvalue weighted by molar-refractivity contribution is 9.10. The SMILES string of the molecule is NC(=O)OCCNCc1cc(F)ccc1Br. The van der Waals surface area contributed by atoms with Gasteiger partial charge in [-0.15, -0.1) is 0 Å². The first-order valence-corrected chi connectivity index (χ1v) is 5.46. The second kappa shape index (κ2) is 6.44. The molecule has 0 fully saturated rings. The van der Waals surface area contributed by atoms with Gasteiger partial charge in [-0.2, -0.15) is 0 Å². The van der Waals surface area contributed by atoms with Gasteiger partial charge in [0.15, 0.2) is 0 Å². The van der Waals surface area contributed by atoms with Crippen LogP contribution >= 0.6 is 15.9 Å². The van der Waals surface area contributed by atoms with Gasteiger partial charge in [0.2, 0.25) is 0 Å². The molecule has 16 heavy (non-hydrogen) atoms. The molecule has 0 unspecified atom stereocenters. The minimum absolute atomic E-state index is 0.197. The van der Waals surface area contributed by atoms with Crippen molar-refractivity contribution in [2.24, 2.45) is 5.73 Å². The first-order chi connectivity index (χ1) is 7.59. The van der Waals surface area contributed by atoms with Crippen molar-refractivity contribution in [1.29, 1.82) is 0 Å². The van der Waals surface area contributed by atoms with Gasteiger partial charge in [-0.1, -0.05) is 15.9 Å². The summed E-state index contributed by atoms with van der Waals surface area (Å²) < 4.78 is 18.2. The van der Waals surface area contributed by atoms with Crippen LogP contribution < -0.4 is 11.1 Å². The summed E-state index contributed by atoms with van der Waals surface area (Å²) in [6.45, 7) is 1.15. The normalized spacial score (nSPS) is 10.1. The third-order valence-electron chi connectivity index (χ3n) is 1.85. The maximum absolute atomic E-state index is 12.9. The number of carbonyl (C=O) groups is 1. The number of primary amides is 1. The van der Waals surface area contributed by atoms with Crippen LogP contribution in [0.15, 0.2) is 22.7 Å². The Morgan fingerprint density at radius 2 is 2.31 bits per heavy atom. The number of carbonyl (C=O) groups excluding carboxylic acids is 1. The molecule has 4 nitrogen and oxygen atoms in total. The Kier molecular flexibility index (Phi) is 5.21. The van der Waals surface area contributed by atoms with Crippen molar-refractivity contribution in [2.45, 2.75) is 6.54 Å². The molecule has 3 N–H and O–H groups in total. The third kappa shape index (κ3) is 4.59. The van der Waals surface area contributed by atoms with E-state index in [0.717, 1.165) is 10.0 Å². The Labute approximate surface area is 101 Å². The number of nitrogens with two attached hydrogens (primary N) is 1. The van der Waals surface area contributed by atoms with Crippen molar-refractivity contribution in [2.75, 3.05) is 13.2 Å². The van der Waals surface area contributed by atoms with E-state index in [1.807, 2.05) is 0 Å². The maximum atomic E-state index is 12.9. The topological polar surface area (TPSA) is 64.4 Å². The smallest absolute Gasteiger partial charge is 0.404 e. The number of hydrogen-bond acceptors (Lipinski definition) is 3. The van der Waals surface area contributed by atoms with Crippen LogP contribution in [0.5, 0.6) is 0 Å². The molecule has 1 aromatic rings. The number of nitrogens with one attached hydrogen (secondary N) is 1. The van der Waals surface area contributed by atoms with Gasteiger partial charge in [-0.25, -0.2) is 9.18 Å². The van der Waals surface area contributed by atoms with E-state index in [9.17, 15) is 9.18 Å². The Bertz CT molecular complexity index is 374. The average molecular weight is 291 g/mol. The highest BCUT2D eigenvalue weighted by atomic mass is 79.9. The minimum Gasteiger partial charge on any atom is -0.448 e. The van der Waals surface area contributed by atoms with E-state index in [-0.39, 0.29) is 12.4 Å². The molecule has 0 radical (unpaired) electrons. The lowest BCUT2D eigenvalue weighted by Crippen LogP contribution is -2.23. The Morgan fingerprint density at radius 1 is 1.56 bits per heavy atom. The zero-order valence-electron chi connectivity index (χ0n) is 8.50. The van der Waals surface area contributed by atoms with E-state index in [2.05, 4.69) is 26.0 Å². The van der Waals surface area contributed by atoms with Crippen LogP contribution in [0.2, 0.25) is 0 Å². The van der Waals surface area contributed by atoms with Gasteiger partial charge in [0.05, 0.1) is 0 Å². The van der Waals surface area contributed by atoms with Gasteiger partial charge >= 0.3 is 6.09 Å². The van der Waals surface area contributed by atoms with Crippen molar-refractivity contribution in [1.82, 2.24) is 5.32 Å². The molecular formula is C10H12BrFN2O2. The van der Waals surface area contributed by atoms with E-state index in [1.54, 1.807) is 6.07 Å². The molecule has 0 saturated carbocycles. The molecule has 0 aliphatic heterocycles. The van der Waals surface area contributed by atoms with Gasteiger partial charge in [0.25, 0.3) is 0 Å². The molecule has 0 bridgehead atoms. The largest absolute Gasteiger partial charge is 0.448 e. The van der Waals surface area contributed by atoms with Crippen molar-refractivity contribution in [3.8, 4) is 0 Å². The second-order valence-corrected chi connectivity index (χ2v) is 3.93. The number of ether oxygens (including phenoxy) is 1. The number of halogens is 2. The molecule has 88 valence electrons. The van der Waals surface area contributed by atoms with Crippen molar-refractivity contribution < 1.29 is 13.9 Å². The molecule has 0 spiro atoms. The number of benzene rings is 1. The van der Waals surface area contributed by atoms with Crippen LogP contribution in [-0.4, -0.2) is 19.2 Å². The lowest BCUT2D eigenvalue weighted by molar-refractivity contribution is 0.157. The standard InChI is InChI=1S/C10H12BrFN2O2/c11-9-2-1-8(12)5-7(9)6-14-3-4-16-10(13)15/h1-2,5,14H,3-4,6H2,(H2,13,15). The first-order valence-electron chi connectivity index (χ1n) is 4.66. The van der Waals surface area contributed by atoms with E-state index in [1.165, 1.54) is 12.1 Å². The molecule has 0 aliphatic rings. The molecule has 1 aromatic carbocycles. The van der Waals surface area contributed by atoms with Crippen LogP contribution in [0.4, 0.5) is 9.18 Å². The second-order valence-electron chi connectivity index (χ2n) is 3.08. The summed E-state index contributed by atoms with van der Waals surface area (Å²) in [4.78, 5) is 10.2. The summed E-state index contributed by atoms with van der Waals surface area (Å²) in [5, 5.41) is 3.00. The molecule has 0 heterocycles. The zero-order valence-corrected chi connectivity index (χ0v) is 10.1. The quantitative estimate of drug-likeness (QED) is 0.813. The molecular weight excluding hydrogens is 279 g/mol. The number of rotatable bonds is 5. The van der Waals surface area contributed by atoms with Gasteiger partial charge in [0, 0.05) is 17.6 Å². The minimum atomic E-state index is -0.797.